The third kappa shape index (κ3) is 3.33. The van der Waals surface area contributed by atoms with E-state index in [0.29, 0.717) is 30.4 Å². The van der Waals surface area contributed by atoms with E-state index < -0.39 is 5.60 Å². The molecule has 0 aliphatic carbocycles. The molecule has 0 spiro atoms. The van der Waals surface area contributed by atoms with E-state index in [-0.39, 0.29) is 0 Å². The molecule has 2 aromatic heterocycles. The summed E-state index contributed by atoms with van der Waals surface area (Å²) in [5, 5.41) is 13.4. The van der Waals surface area contributed by atoms with Crippen molar-refractivity contribution in [2.45, 2.75) is 12.5 Å². The molecule has 0 aliphatic heterocycles. The van der Waals surface area contributed by atoms with Crippen LogP contribution in [0.25, 0.3) is 5.65 Å². The minimum Gasteiger partial charge on any atom is -0.387 e. The van der Waals surface area contributed by atoms with Crippen LogP contribution < -0.4 is 11.1 Å². The molecule has 0 fully saturated rings. The molecule has 0 radical (unpaired) electrons. The lowest BCUT2D eigenvalue weighted by atomic mass is 10.1. The number of imidazole rings is 1. The number of rotatable bonds is 5. The van der Waals surface area contributed by atoms with Gasteiger partial charge in [0.15, 0.2) is 11.5 Å². The zero-order chi connectivity index (χ0) is 14.0. The molecule has 0 amide bonds. The number of anilines is 2. The number of nitrogen functional groups attached to an aromatic ring is 1. The number of aromatic nitrogens is 3. The number of fused-ring (bicyclic) bond motifs is 1. The molecule has 0 bridgehead atoms. The van der Waals surface area contributed by atoms with Gasteiger partial charge in [-0.2, -0.15) is 0 Å². The first-order valence-electron chi connectivity index (χ1n) is 6.07. The number of hydrogen-bond acceptors (Lipinski definition) is 6. The van der Waals surface area contributed by atoms with Crippen molar-refractivity contribution in [1.82, 2.24) is 19.3 Å². The Balaban J connectivity index is 2.15. The number of likely N-dealkylation sites (N-methyl/N-ethyl adjacent to an activating group) is 1. The van der Waals surface area contributed by atoms with Crippen molar-refractivity contribution in [3.05, 3.63) is 18.6 Å². The minimum atomic E-state index is -0.862. The molecule has 7 heteroatoms. The first-order valence-corrected chi connectivity index (χ1v) is 6.07. The van der Waals surface area contributed by atoms with Gasteiger partial charge in [-0.25, -0.2) is 9.97 Å². The SMILES string of the molecule is CN(C)CC(C)(O)CNc1nc(N)cn2ccnc12. The zero-order valence-corrected chi connectivity index (χ0v) is 11.5. The van der Waals surface area contributed by atoms with Crippen LogP contribution in [0.15, 0.2) is 18.6 Å². The molecule has 104 valence electrons. The summed E-state index contributed by atoms with van der Waals surface area (Å²) < 4.78 is 1.80. The standard InChI is InChI=1S/C12H20N6O/c1-12(19,8-17(2)3)7-15-10-11-14-4-5-18(11)6-9(13)16-10/h4-6,19H,7-8,13H2,1-3H3,(H,15,16). The molecule has 1 atom stereocenters. The van der Waals surface area contributed by atoms with E-state index in [1.54, 1.807) is 29.9 Å². The molecule has 19 heavy (non-hydrogen) atoms. The van der Waals surface area contributed by atoms with Gasteiger partial charge in [-0.05, 0) is 21.0 Å². The van der Waals surface area contributed by atoms with E-state index in [0.717, 1.165) is 0 Å². The number of nitrogens with two attached hydrogens (primary N) is 1. The zero-order valence-electron chi connectivity index (χ0n) is 11.5. The lowest BCUT2D eigenvalue weighted by Gasteiger charge is -2.27. The van der Waals surface area contributed by atoms with Crippen LogP contribution in [-0.2, 0) is 0 Å². The van der Waals surface area contributed by atoms with Gasteiger partial charge in [-0.1, -0.05) is 0 Å². The van der Waals surface area contributed by atoms with Gasteiger partial charge < -0.3 is 25.5 Å². The average molecular weight is 264 g/mol. The van der Waals surface area contributed by atoms with E-state index in [9.17, 15) is 5.11 Å². The topological polar surface area (TPSA) is 91.7 Å². The Bertz CT molecular complexity index is 562. The normalized spacial score (nSPS) is 14.8. The summed E-state index contributed by atoms with van der Waals surface area (Å²) in [5.41, 5.74) is 5.56. The first kappa shape index (κ1) is 13.6. The predicted molar refractivity (Wildman–Crippen MR) is 75.1 cm³/mol. The van der Waals surface area contributed by atoms with Gasteiger partial charge in [0, 0.05) is 25.5 Å². The minimum absolute atomic E-state index is 0.365. The highest BCUT2D eigenvalue weighted by Crippen LogP contribution is 2.16. The molecular formula is C12H20N6O. The highest BCUT2D eigenvalue weighted by Gasteiger charge is 2.21. The second kappa shape index (κ2) is 5.02. The molecule has 2 rings (SSSR count). The number of hydrogen-bond donors (Lipinski definition) is 3. The molecule has 2 heterocycles. The van der Waals surface area contributed by atoms with Crippen molar-refractivity contribution in [2.75, 3.05) is 38.2 Å². The van der Waals surface area contributed by atoms with Gasteiger partial charge in [0.25, 0.3) is 0 Å². The monoisotopic (exact) mass is 264 g/mol. The maximum atomic E-state index is 10.2. The Morgan fingerprint density at radius 1 is 1.53 bits per heavy atom. The maximum absolute atomic E-state index is 10.2. The summed E-state index contributed by atoms with van der Waals surface area (Å²) in [6.45, 7) is 2.69. The Morgan fingerprint density at radius 2 is 2.26 bits per heavy atom. The molecule has 1 unspecified atom stereocenters. The summed E-state index contributed by atoms with van der Waals surface area (Å²) >= 11 is 0. The van der Waals surface area contributed by atoms with E-state index in [4.69, 9.17) is 5.73 Å². The smallest absolute Gasteiger partial charge is 0.180 e. The van der Waals surface area contributed by atoms with E-state index in [1.807, 2.05) is 19.0 Å². The van der Waals surface area contributed by atoms with Crippen molar-refractivity contribution in [3.8, 4) is 0 Å². The van der Waals surface area contributed by atoms with Crippen molar-refractivity contribution in [2.24, 2.45) is 0 Å². The van der Waals surface area contributed by atoms with E-state index in [2.05, 4.69) is 15.3 Å². The lowest BCUT2D eigenvalue weighted by Crippen LogP contribution is -2.43. The lowest BCUT2D eigenvalue weighted by molar-refractivity contribution is 0.0459. The molecule has 0 aliphatic rings. The van der Waals surface area contributed by atoms with E-state index in [1.165, 1.54) is 0 Å². The number of nitrogens with zero attached hydrogens (tertiary/aromatic N) is 4. The van der Waals surface area contributed by atoms with Gasteiger partial charge in [0.1, 0.15) is 5.82 Å². The number of nitrogens with one attached hydrogen (secondary N) is 1. The fourth-order valence-corrected chi connectivity index (χ4v) is 2.08. The van der Waals surface area contributed by atoms with Crippen molar-refractivity contribution >= 4 is 17.3 Å². The fourth-order valence-electron chi connectivity index (χ4n) is 2.08. The second-order valence-electron chi connectivity index (χ2n) is 5.26. The summed E-state index contributed by atoms with van der Waals surface area (Å²) in [5.74, 6) is 0.976. The van der Waals surface area contributed by atoms with E-state index >= 15 is 0 Å². The largest absolute Gasteiger partial charge is 0.387 e. The van der Waals surface area contributed by atoms with Crippen LogP contribution >= 0.6 is 0 Å². The Kier molecular flexibility index (Phi) is 3.59. The molecule has 7 nitrogen and oxygen atoms in total. The van der Waals surface area contributed by atoms with Gasteiger partial charge in [-0.15, -0.1) is 0 Å². The Labute approximate surface area is 112 Å². The molecule has 4 N–H and O–H groups in total. The summed E-state index contributed by atoms with van der Waals surface area (Å²) in [4.78, 5) is 10.4. The van der Waals surface area contributed by atoms with Gasteiger partial charge in [-0.3, -0.25) is 0 Å². The van der Waals surface area contributed by atoms with Crippen LogP contribution in [0.2, 0.25) is 0 Å². The quantitative estimate of drug-likeness (QED) is 0.706. The highest BCUT2D eigenvalue weighted by molar-refractivity contribution is 5.64. The highest BCUT2D eigenvalue weighted by atomic mass is 16.3. The molecule has 0 aromatic carbocycles. The van der Waals surface area contributed by atoms with Crippen LogP contribution in [-0.4, -0.2) is 57.2 Å². The van der Waals surface area contributed by atoms with Crippen LogP contribution in [0.5, 0.6) is 0 Å². The van der Waals surface area contributed by atoms with Crippen LogP contribution in [0.3, 0.4) is 0 Å². The van der Waals surface area contributed by atoms with Gasteiger partial charge in [0.05, 0.1) is 11.8 Å². The third-order valence-electron chi connectivity index (χ3n) is 2.69. The van der Waals surface area contributed by atoms with Crippen LogP contribution in [0, 0.1) is 0 Å². The molecular weight excluding hydrogens is 244 g/mol. The summed E-state index contributed by atoms with van der Waals surface area (Å²) in [7, 11) is 3.83. The summed E-state index contributed by atoms with van der Waals surface area (Å²) in [6.07, 6.45) is 5.18. The average Bonchev–Trinajstić information content (AvgIpc) is 2.71. The van der Waals surface area contributed by atoms with Crippen LogP contribution in [0.1, 0.15) is 6.92 Å². The number of aliphatic hydroxyl groups is 1. The first-order chi connectivity index (χ1) is 8.87. The van der Waals surface area contributed by atoms with Gasteiger partial charge >= 0.3 is 0 Å². The third-order valence-corrected chi connectivity index (χ3v) is 2.69. The Morgan fingerprint density at radius 3 is 2.95 bits per heavy atom. The van der Waals surface area contributed by atoms with Gasteiger partial charge in [0.2, 0.25) is 0 Å². The Hall–Kier alpha value is -1.86. The van der Waals surface area contributed by atoms with Crippen molar-refractivity contribution in [1.29, 1.82) is 0 Å². The van der Waals surface area contributed by atoms with Crippen molar-refractivity contribution < 1.29 is 5.11 Å². The molecule has 2 aromatic rings. The maximum Gasteiger partial charge on any atom is 0.180 e. The second-order valence-corrected chi connectivity index (χ2v) is 5.26. The fraction of sp³-hybridized carbons (Fsp3) is 0.500. The molecule has 0 saturated heterocycles. The van der Waals surface area contributed by atoms with Crippen LogP contribution in [0.4, 0.5) is 11.6 Å². The predicted octanol–water partition coefficient (Wildman–Crippen LogP) is 0.0360. The summed E-state index contributed by atoms with van der Waals surface area (Å²) in [6, 6.07) is 0. The van der Waals surface area contributed by atoms with Crippen molar-refractivity contribution in [3.63, 3.8) is 0 Å². The molecule has 0 saturated carbocycles.